The van der Waals surface area contributed by atoms with Crippen LogP contribution in [0.5, 0.6) is 0 Å². The third-order valence-electron chi connectivity index (χ3n) is 4.27. The molecule has 0 saturated carbocycles. The predicted octanol–water partition coefficient (Wildman–Crippen LogP) is 5.65. The maximum Gasteiger partial charge on any atom is -0.0184 e. The zero-order valence-corrected chi connectivity index (χ0v) is 14.9. The summed E-state index contributed by atoms with van der Waals surface area (Å²) in [6.45, 7) is 0. The number of hydrogen-bond donors (Lipinski definition) is 0. The summed E-state index contributed by atoms with van der Waals surface area (Å²) >= 11 is 0. The van der Waals surface area contributed by atoms with E-state index in [1.807, 2.05) is 0 Å². The van der Waals surface area contributed by atoms with Gasteiger partial charge in [-0.15, -0.1) is 0 Å². The van der Waals surface area contributed by atoms with Crippen LogP contribution in [0.15, 0.2) is 109 Å². The minimum Gasteiger partial charge on any atom is -0.0622 e. The summed E-state index contributed by atoms with van der Waals surface area (Å²) < 4.78 is 0. The van der Waals surface area contributed by atoms with Crippen LogP contribution >= 0.6 is 8.58 Å². The molecule has 4 rings (SSSR count). The highest BCUT2D eigenvalue weighted by molar-refractivity contribution is 7.55. The van der Waals surface area contributed by atoms with Crippen molar-refractivity contribution in [3.05, 3.63) is 109 Å². The molecule has 0 aliphatic rings. The molecule has 4 aromatic rings. The van der Waals surface area contributed by atoms with E-state index in [0.717, 1.165) is 0 Å². The maximum atomic E-state index is 2.24. The first-order valence-electron chi connectivity index (χ1n) is 8.46. The lowest BCUT2D eigenvalue weighted by atomic mass is 10.1. The van der Waals surface area contributed by atoms with Crippen LogP contribution in [0.2, 0.25) is 0 Å². The molecule has 0 N–H and O–H groups in total. The summed E-state index contributed by atoms with van der Waals surface area (Å²) in [5, 5.41) is 2.74. The van der Waals surface area contributed by atoms with Gasteiger partial charge < -0.3 is 0 Å². The van der Waals surface area contributed by atoms with Crippen molar-refractivity contribution in [2.75, 3.05) is 0 Å². The molecular formula is C24H19P. The van der Waals surface area contributed by atoms with Crippen molar-refractivity contribution in [1.29, 1.82) is 0 Å². The van der Waals surface area contributed by atoms with Crippen LogP contribution in [0.1, 0.15) is 0 Å². The number of rotatable bonds is 4. The molecule has 25 heavy (non-hydrogen) atoms. The van der Waals surface area contributed by atoms with Crippen LogP contribution in [-0.4, -0.2) is 0 Å². The van der Waals surface area contributed by atoms with Crippen molar-refractivity contribution >= 4 is 19.2 Å². The van der Waals surface area contributed by atoms with Gasteiger partial charge in [0.15, 0.2) is 0 Å². The van der Waals surface area contributed by atoms with E-state index in [9.17, 15) is 0 Å². The van der Waals surface area contributed by atoms with Crippen molar-refractivity contribution in [3.63, 3.8) is 0 Å². The SMILES string of the molecule is c1ccc(-c2ccc(Pc3ccc(-c4ccccc4)cc3)cc2)cc1. The normalized spacial score (nSPS) is 10.6. The Morgan fingerprint density at radius 3 is 1.00 bits per heavy atom. The topological polar surface area (TPSA) is 0 Å². The lowest BCUT2D eigenvalue weighted by molar-refractivity contribution is 1.63. The molecule has 1 heteroatoms. The maximum absolute atomic E-state index is 2.24. The average molecular weight is 338 g/mol. The molecule has 0 aliphatic carbocycles. The Hall–Kier alpha value is -2.69. The van der Waals surface area contributed by atoms with Crippen molar-refractivity contribution in [2.24, 2.45) is 0 Å². The second kappa shape index (κ2) is 7.47. The molecule has 0 heterocycles. The second-order valence-electron chi connectivity index (χ2n) is 6.01. The fourth-order valence-corrected chi connectivity index (χ4v) is 3.92. The van der Waals surface area contributed by atoms with Crippen molar-refractivity contribution in [2.45, 2.75) is 0 Å². The average Bonchev–Trinajstić information content (AvgIpc) is 2.71. The first-order valence-corrected chi connectivity index (χ1v) is 9.46. The van der Waals surface area contributed by atoms with Crippen LogP contribution < -0.4 is 10.6 Å². The van der Waals surface area contributed by atoms with Crippen molar-refractivity contribution in [3.8, 4) is 22.3 Å². The van der Waals surface area contributed by atoms with Crippen LogP contribution in [0.25, 0.3) is 22.3 Å². The zero-order chi connectivity index (χ0) is 16.9. The van der Waals surface area contributed by atoms with Crippen molar-refractivity contribution < 1.29 is 0 Å². The molecule has 0 aromatic heterocycles. The summed E-state index contributed by atoms with van der Waals surface area (Å²) in [4.78, 5) is 0. The summed E-state index contributed by atoms with van der Waals surface area (Å²) in [5.41, 5.74) is 5.08. The fourth-order valence-electron chi connectivity index (χ4n) is 2.92. The molecule has 0 amide bonds. The van der Waals surface area contributed by atoms with Gasteiger partial charge in [0.25, 0.3) is 0 Å². The van der Waals surface area contributed by atoms with Gasteiger partial charge in [0.2, 0.25) is 0 Å². The largest absolute Gasteiger partial charge is 0.0622 e. The lowest BCUT2D eigenvalue weighted by Gasteiger charge is -2.07. The standard InChI is InChI=1S/C24H19P/c1-3-7-19(8-4-1)21-11-15-23(16-12-21)25-24-17-13-22(14-18-24)20-9-5-2-6-10-20/h1-18,25H. The summed E-state index contributed by atoms with van der Waals surface area (Å²) in [6.07, 6.45) is 0. The monoisotopic (exact) mass is 338 g/mol. The molecule has 120 valence electrons. The van der Waals surface area contributed by atoms with Gasteiger partial charge in [0.1, 0.15) is 0 Å². The molecule has 0 saturated heterocycles. The van der Waals surface area contributed by atoms with Crippen molar-refractivity contribution in [1.82, 2.24) is 0 Å². The molecule has 0 unspecified atom stereocenters. The molecule has 0 spiro atoms. The number of benzene rings is 4. The highest BCUT2D eigenvalue weighted by atomic mass is 31.1. The highest BCUT2D eigenvalue weighted by Gasteiger charge is 2.01. The zero-order valence-electron chi connectivity index (χ0n) is 13.9. The molecule has 0 aliphatic heterocycles. The number of hydrogen-bond acceptors (Lipinski definition) is 0. The molecule has 0 bridgehead atoms. The molecule has 0 atom stereocenters. The van der Waals surface area contributed by atoms with E-state index in [0.29, 0.717) is 8.58 Å². The Labute approximate surface area is 151 Å². The van der Waals surface area contributed by atoms with E-state index in [1.165, 1.54) is 32.9 Å². The fraction of sp³-hybridized carbons (Fsp3) is 0. The second-order valence-corrected chi connectivity index (χ2v) is 7.42. The van der Waals surface area contributed by atoms with Crippen LogP contribution in [0.3, 0.4) is 0 Å². The Bertz CT molecular complexity index is 844. The molecule has 0 radical (unpaired) electrons. The van der Waals surface area contributed by atoms with Gasteiger partial charge in [-0.2, -0.15) is 0 Å². The first-order chi connectivity index (χ1) is 12.4. The van der Waals surface area contributed by atoms with E-state index < -0.39 is 0 Å². The lowest BCUT2D eigenvalue weighted by Crippen LogP contribution is -2.02. The van der Waals surface area contributed by atoms with Gasteiger partial charge in [0.05, 0.1) is 0 Å². The summed E-state index contributed by atoms with van der Waals surface area (Å²) in [7, 11) is 0.685. The minimum absolute atomic E-state index is 0.685. The Morgan fingerprint density at radius 2 is 0.640 bits per heavy atom. The van der Waals surface area contributed by atoms with Gasteiger partial charge in [-0.05, 0) is 32.9 Å². The van der Waals surface area contributed by atoms with E-state index in [4.69, 9.17) is 0 Å². The summed E-state index contributed by atoms with van der Waals surface area (Å²) in [5.74, 6) is 0. The van der Waals surface area contributed by atoms with E-state index in [-0.39, 0.29) is 0 Å². The first kappa shape index (κ1) is 15.8. The minimum atomic E-state index is 0.685. The molecular weight excluding hydrogens is 319 g/mol. The highest BCUT2D eigenvalue weighted by Crippen LogP contribution is 2.21. The van der Waals surface area contributed by atoms with Crippen LogP contribution in [0, 0.1) is 0 Å². The van der Waals surface area contributed by atoms with Gasteiger partial charge in [0, 0.05) is 0 Å². The Balaban J connectivity index is 1.49. The quantitative estimate of drug-likeness (QED) is 0.422. The van der Waals surface area contributed by atoms with Gasteiger partial charge >= 0.3 is 0 Å². The molecule has 0 nitrogen and oxygen atoms in total. The predicted molar refractivity (Wildman–Crippen MR) is 111 cm³/mol. The van der Waals surface area contributed by atoms with Gasteiger partial charge in [-0.1, -0.05) is 118 Å². The summed E-state index contributed by atoms with van der Waals surface area (Å²) in [6, 6.07) is 38.9. The van der Waals surface area contributed by atoms with E-state index in [2.05, 4.69) is 109 Å². The third-order valence-corrected chi connectivity index (χ3v) is 5.52. The molecule has 4 aromatic carbocycles. The Kier molecular flexibility index (Phi) is 4.72. The molecule has 0 fully saturated rings. The van der Waals surface area contributed by atoms with E-state index in [1.54, 1.807) is 0 Å². The van der Waals surface area contributed by atoms with E-state index >= 15 is 0 Å². The Morgan fingerprint density at radius 1 is 0.320 bits per heavy atom. The smallest absolute Gasteiger partial charge is 0.0184 e. The third kappa shape index (κ3) is 3.87. The van der Waals surface area contributed by atoms with Gasteiger partial charge in [-0.25, -0.2) is 0 Å². The van der Waals surface area contributed by atoms with Crippen LogP contribution in [-0.2, 0) is 0 Å². The van der Waals surface area contributed by atoms with Crippen LogP contribution in [0.4, 0.5) is 0 Å². The van der Waals surface area contributed by atoms with Gasteiger partial charge in [-0.3, -0.25) is 0 Å².